The van der Waals surface area contributed by atoms with Crippen LogP contribution in [0.15, 0.2) is 36.7 Å². The maximum Gasteiger partial charge on any atom is 0.256 e. The van der Waals surface area contributed by atoms with Crippen LogP contribution in [0.5, 0.6) is 0 Å². The van der Waals surface area contributed by atoms with E-state index in [2.05, 4.69) is 15.2 Å². The summed E-state index contributed by atoms with van der Waals surface area (Å²) in [5, 5.41) is 4.80. The van der Waals surface area contributed by atoms with Crippen LogP contribution in [0.1, 0.15) is 24.2 Å². The number of benzene rings is 1. The van der Waals surface area contributed by atoms with Crippen molar-refractivity contribution in [2.75, 3.05) is 32.7 Å². The third-order valence-corrected chi connectivity index (χ3v) is 4.38. The fraction of sp³-hybridized carbons (Fsp3) is 0.421. The standard InChI is InChI=1S/C19H24N4O2/c1-14(2)21-18(24)13-22-7-9-23(10-8-22)19(25)17-12-20-11-15-5-3-4-6-16(15)17/h3-6,11-12,14H,7-10,13H2,1-2H3,(H,21,24). The SMILES string of the molecule is CC(C)NC(=O)CN1CCN(C(=O)c2cncc3ccccc23)CC1. The monoisotopic (exact) mass is 340 g/mol. The quantitative estimate of drug-likeness (QED) is 0.916. The van der Waals surface area contributed by atoms with Crippen LogP contribution in [0.25, 0.3) is 10.8 Å². The van der Waals surface area contributed by atoms with Crippen molar-refractivity contribution in [2.24, 2.45) is 0 Å². The molecule has 1 saturated heterocycles. The highest BCUT2D eigenvalue weighted by molar-refractivity contribution is 6.06. The van der Waals surface area contributed by atoms with E-state index in [-0.39, 0.29) is 17.9 Å². The summed E-state index contributed by atoms with van der Waals surface area (Å²) in [7, 11) is 0. The number of piperazine rings is 1. The lowest BCUT2D eigenvalue weighted by Gasteiger charge is -2.34. The predicted octanol–water partition coefficient (Wildman–Crippen LogP) is 1.52. The molecule has 1 N–H and O–H groups in total. The molecule has 1 aliphatic rings. The molecule has 3 rings (SSSR count). The van der Waals surface area contributed by atoms with Gasteiger partial charge in [0.15, 0.2) is 0 Å². The Morgan fingerprint density at radius 1 is 1.12 bits per heavy atom. The Bertz CT molecular complexity index is 762. The maximum atomic E-state index is 12.9. The highest BCUT2D eigenvalue weighted by atomic mass is 16.2. The Morgan fingerprint density at radius 3 is 2.56 bits per heavy atom. The second kappa shape index (κ2) is 7.61. The molecule has 2 aromatic rings. The van der Waals surface area contributed by atoms with Gasteiger partial charge in [-0.05, 0) is 19.2 Å². The molecular weight excluding hydrogens is 316 g/mol. The number of amides is 2. The number of carbonyl (C=O) groups is 2. The number of carbonyl (C=O) groups excluding carboxylic acids is 2. The van der Waals surface area contributed by atoms with Crippen LogP contribution in [0.3, 0.4) is 0 Å². The smallest absolute Gasteiger partial charge is 0.256 e. The zero-order valence-electron chi connectivity index (χ0n) is 14.7. The van der Waals surface area contributed by atoms with Crippen LogP contribution >= 0.6 is 0 Å². The van der Waals surface area contributed by atoms with Gasteiger partial charge in [-0.1, -0.05) is 24.3 Å². The number of hydrogen-bond acceptors (Lipinski definition) is 4. The van der Waals surface area contributed by atoms with Gasteiger partial charge in [-0.15, -0.1) is 0 Å². The lowest BCUT2D eigenvalue weighted by molar-refractivity contribution is -0.123. The molecule has 6 nitrogen and oxygen atoms in total. The summed E-state index contributed by atoms with van der Waals surface area (Å²) in [4.78, 5) is 32.9. The number of aromatic nitrogens is 1. The summed E-state index contributed by atoms with van der Waals surface area (Å²) < 4.78 is 0. The van der Waals surface area contributed by atoms with Gasteiger partial charge in [0.1, 0.15) is 0 Å². The molecule has 0 radical (unpaired) electrons. The molecule has 2 heterocycles. The minimum absolute atomic E-state index is 0.00980. The molecule has 0 unspecified atom stereocenters. The highest BCUT2D eigenvalue weighted by Crippen LogP contribution is 2.19. The summed E-state index contributed by atoms with van der Waals surface area (Å²) in [6.45, 7) is 6.94. The number of hydrogen-bond donors (Lipinski definition) is 1. The van der Waals surface area contributed by atoms with Crippen molar-refractivity contribution in [1.29, 1.82) is 0 Å². The van der Waals surface area contributed by atoms with Crippen molar-refractivity contribution in [1.82, 2.24) is 20.1 Å². The van der Waals surface area contributed by atoms with Gasteiger partial charge in [-0.2, -0.15) is 0 Å². The molecule has 1 fully saturated rings. The van der Waals surface area contributed by atoms with Gasteiger partial charge in [0, 0.05) is 50.0 Å². The average Bonchev–Trinajstić information content (AvgIpc) is 2.60. The Morgan fingerprint density at radius 2 is 1.84 bits per heavy atom. The number of nitrogens with zero attached hydrogens (tertiary/aromatic N) is 3. The van der Waals surface area contributed by atoms with Gasteiger partial charge in [-0.3, -0.25) is 19.5 Å². The van der Waals surface area contributed by atoms with Gasteiger partial charge in [0.25, 0.3) is 5.91 Å². The van der Waals surface area contributed by atoms with Crippen molar-refractivity contribution in [3.63, 3.8) is 0 Å². The van der Waals surface area contributed by atoms with Crippen LogP contribution in [0.4, 0.5) is 0 Å². The maximum absolute atomic E-state index is 12.9. The van der Waals surface area contributed by atoms with Crippen molar-refractivity contribution in [3.8, 4) is 0 Å². The highest BCUT2D eigenvalue weighted by Gasteiger charge is 2.24. The molecule has 0 aliphatic carbocycles. The topological polar surface area (TPSA) is 65.5 Å². The molecule has 25 heavy (non-hydrogen) atoms. The van der Waals surface area contributed by atoms with Gasteiger partial charge >= 0.3 is 0 Å². The number of rotatable bonds is 4. The van der Waals surface area contributed by atoms with E-state index in [1.54, 1.807) is 12.4 Å². The van der Waals surface area contributed by atoms with Gasteiger partial charge in [-0.25, -0.2) is 0 Å². The third kappa shape index (κ3) is 4.14. The molecule has 132 valence electrons. The second-order valence-corrected chi connectivity index (χ2v) is 6.70. The number of pyridine rings is 1. The summed E-state index contributed by atoms with van der Waals surface area (Å²) in [5.74, 6) is 0.0450. The van der Waals surface area contributed by atoms with Crippen LogP contribution in [0.2, 0.25) is 0 Å². The lowest BCUT2D eigenvalue weighted by Crippen LogP contribution is -2.51. The lowest BCUT2D eigenvalue weighted by atomic mass is 10.1. The molecule has 0 saturated carbocycles. The largest absolute Gasteiger partial charge is 0.353 e. The van der Waals surface area contributed by atoms with E-state index < -0.39 is 0 Å². The van der Waals surface area contributed by atoms with Crippen LogP contribution in [-0.2, 0) is 4.79 Å². The Balaban J connectivity index is 1.63. The predicted molar refractivity (Wildman–Crippen MR) is 97.4 cm³/mol. The second-order valence-electron chi connectivity index (χ2n) is 6.70. The van der Waals surface area contributed by atoms with E-state index in [9.17, 15) is 9.59 Å². The van der Waals surface area contributed by atoms with Crippen LogP contribution in [0, 0.1) is 0 Å². The molecule has 6 heteroatoms. The van der Waals surface area contributed by atoms with E-state index in [4.69, 9.17) is 0 Å². The molecule has 0 spiro atoms. The van der Waals surface area contributed by atoms with E-state index in [0.29, 0.717) is 38.3 Å². The molecule has 1 aromatic carbocycles. The molecule has 2 amide bonds. The Labute approximate surface area is 147 Å². The van der Waals surface area contributed by atoms with Gasteiger partial charge in [0.2, 0.25) is 5.91 Å². The minimum Gasteiger partial charge on any atom is -0.353 e. The first-order chi connectivity index (χ1) is 12.0. The molecule has 0 bridgehead atoms. The van der Waals surface area contributed by atoms with Crippen molar-refractivity contribution in [3.05, 3.63) is 42.2 Å². The van der Waals surface area contributed by atoms with E-state index >= 15 is 0 Å². The van der Waals surface area contributed by atoms with Crippen molar-refractivity contribution < 1.29 is 9.59 Å². The summed E-state index contributed by atoms with van der Waals surface area (Å²) in [6, 6.07) is 7.94. The Hall–Kier alpha value is -2.47. The first kappa shape index (κ1) is 17.4. The van der Waals surface area contributed by atoms with E-state index in [1.807, 2.05) is 43.0 Å². The van der Waals surface area contributed by atoms with Crippen LogP contribution in [-0.4, -0.2) is 65.4 Å². The van der Waals surface area contributed by atoms with Crippen molar-refractivity contribution in [2.45, 2.75) is 19.9 Å². The average molecular weight is 340 g/mol. The first-order valence-corrected chi connectivity index (χ1v) is 8.68. The summed E-state index contributed by atoms with van der Waals surface area (Å²) >= 11 is 0. The summed E-state index contributed by atoms with van der Waals surface area (Å²) in [5.41, 5.74) is 0.643. The number of fused-ring (bicyclic) bond motifs is 1. The normalized spacial score (nSPS) is 15.6. The number of nitrogens with one attached hydrogen (secondary N) is 1. The zero-order valence-corrected chi connectivity index (χ0v) is 14.7. The molecular formula is C19H24N4O2. The minimum atomic E-state index is 0.00980. The third-order valence-electron chi connectivity index (χ3n) is 4.38. The fourth-order valence-corrected chi connectivity index (χ4v) is 3.14. The van der Waals surface area contributed by atoms with E-state index in [0.717, 1.165) is 10.8 Å². The Kier molecular flexibility index (Phi) is 5.28. The van der Waals surface area contributed by atoms with Gasteiger partial charge in [0.05, 0.1) is 12.1 Å². The zero-order chi connectivity index (χ0) is 17.8. The van der Waals surface area contributed by atoms with Crippen LogP contribution < -0.4 is 5.32 Å². The van der Waals surface area contributed by atoms with E-state index in [1.165, 1.54) is 0 Å². The first-order valence-electron chi connectivity index (χ1n) is 8.68. The molecule has 1 aromatic heterocycles. The fourth-order valence-electron chi connectivity index (χ4n) is 3.14. The van der Waals surface area contributed by atoms with Gasteiger partial charge < -0.3 is 10.2 Å². The van der Waals surface area contributed by atoms with Crippen molar-refractivity contribution >= 4 is 22.6 Å². The molecule has 1 aliphatic heterocycles. The summed E-state index contributed by atoms with van der Waals surface area (Å²) in [6.07, 6.45) is 3.42. The molecule has 0 atom stereocenters.